The maximum atomic E-state index is 12.9. The zero-order chi connectivity index (χ0) is 24.1. The van der Waals surface area contributed by atoms with Crippen molar-refractivity contribution in [3.63, 3.8) is 0 Å². The van der Waals surface area contributed by atoms with Crippen LogP contribution < -0.4 is 10.2 Å². The third-order valence-electron chi connectivity index (χ3n) is 5.73. The predicted molar refractivity (Wildman–Crippen MR) is 126 cm³/mol. The van der Waals surface area contributed by atoms with E-state index in [-0.39, 0.29) is 42.8 Å². The molecule has 1 fully saturated rings. The van der Waals surface area contributed by atoms with Gasteiger partial charge in [0.15, 0.2) is 0 Å². The maximum Gasteiger partial charge on any atom is 0.337 e. The van der Waals surface area contributed by atoms with Gasteiger partial charge in [-0.1, -0.05) is 25.4 Å². The lowest BCUT2D eigenvalue weighted by molar-refractivity contribution is -0.136. The molecule has 2 heterocycles. The van der Waals surface area contributed by atoms with Crippen molar-refractivity contribution in [3.8, 4) is 0 Å². The van der Waals surface area contributed by atoms with Gasteiger partial charge in [0.25, 0.3) is 5.91 Å². The van der Waals surface area contributed by atoms with E-state index in [1.807, 2.05) is 24.8 Å². The zero-order valence-corrected chi connectivity index (χ0v) is 20.0. The maximum absolute atomic E-state index is 12.9. The second-order valence-electron chi connectivity index (χ2n) is 8.55. The molecule has 1 aromatic carbocycles. The smallest absolute Gasteiger partial charge is 0.337 e. The van der Waals surface area contributed by atoms with E-state index < -0.39 is 5.97 Å². The van der Waals surface area contributed by atoms with Crippen LogP contribution in [-0.2, 0) is 19.1 Å². The molecule has 1 saturated heterocycles. The van der Waals surface area contributed by atoms with Crippen molar-refractivity contribution in [2.75, 3.05) is 63.2 Å². The minimum Gasteiger partial charge on any atom is -0.466 e. The number of ether oxygens (including phenoxy) is 1. The van der Waals surface area contributed by atoms with Gasteiger partial charge in [-0.15, -0.1) is 0 Å². The fourth-order valence-corrected chi connectivity index (χ4v) is 4.21. The van der Waals surface area contributed by atoms with Crippen molar-refractivity contribution in [3.05, 3.63) is 34.5 Å². The normalized spacial score (nSPS) is 16.7. The van der Waals surface area contributed by atoms with E-state index in [4.69, 9.17) is 16.3 Å². The molecule has 0 aliphatic carbocycles. The van der Waals surface area contributed by atoms with Gasteiger partial charge in [0.2, 0.25) is 5.91 Å². The zero-order valence-electron chi connectivity index (χ0n) is 19.3. The topological polar surface area (TPSA) is 102 Å². The SMILES string of the molecule is COC(=O)C1=C(Nc2cc(Cl)ccc2N2CCN(C(=O)CC(C)C)CC2)C(=O)N(CCO)C1. The Bertz CT molecular complexity index is 941. The first-order chi connectivity index (χ1) is 15.7. The third-order valence-corrected chi connectivity index (χ3v) is 5.96. The van der Waals surface area contributed by atoms with Crippen molar-refractivity contribution >= 4 is 40.8 Å². The first-order valence-corrected chi connectivity index (χ1v) is 11.4. The fraction of sp³-hybridized carbons (Fsp3) is 0.522. The van der Waals surface area contributed by atoms with Crippen molar-refractivity contribution in [2.45, 2.75) is 20.3 Å². The van der Waals surface area contributed by atoms with Gasteiger partial charge in [-0.25, -0.2) is 4.79 Å². The number of nitrogens with zero attached hydrogens (tertiary/aromatic N) is 3. The number of aliphatic hydroxyl groups is 1. The van der Waals surface area contributed by atoms with Crippen LogP contribution in [-0.4, -0.2) is 85.7 Å². The Labute approximate surface area is 198 Å². The number of benzene rings is 1. The lowest BCUT2D eigenvalue weighted by atomic mass is 10.1. The van der Waals surface area contributed by atoms with Crippen LogP contribution >= 0.6 is 11.6 Å². The summed E-state index contributed by atoms with van der Waals surface area (Å²) < 4.78 is 4.86. The van der Waals surface area contributed by atoms with E-state index in [9.17, 15) is 19.5 Å². The highest BCUT2D eigenvalue weighted by atomic mass is 35.5. The second-order valence-corrected chi connectivity index (χ2v) is 8.98. The van der Waals surface area contributed by atoms with Gasteiger partial charge >= 0.3 is 5.97 Å². The Balaban J connectivity index is 1.82. The summed E-state index contributed by atoms with van der Waals surface area (Å²) in [5.41, 5.74) is 1.72. The molecule has 3 rings (SSSR count). The summed E-state index contributed by atoms with van der Waals surface area (Å²) in [7, 11) is 1.26. The van der Waals surface area contributed by atoms with Crippen LogP contribution in [0.3, 0.4) is 0 Å². The molecule has 2 aliphatic heterocycles. The predicted octanol–water partition coefficient (Wildman–Crippen LogP) is 1.71. The van der Waals surface area contributed by atoms with E-state index in [1.54, 1.807) is 12.1 Å². The van der Waals surface area contributed by atoms with Crippen LogP contribution in [0.15, 0.2) is 29.5 Å². The summed E-state index contributed by atoms with van der Waals surface area (Å²) in [4.78, 5) is 43.0. The Kier molecular flexibility index (Phi) is 8.20. The molecular formula is C23H31ClN4O5. The molecule has 180 valence electrons. The van der Waals surface area contributed by atoms with Crippen LogP contribution in [0.25, 0.3) is 0 Å². The first kappa shape index (κ1) is 24.9. The summed E-state index contributed by atoms with van der Waals surface area (Å²) in [5.74, 6) is -0.520. The molecule has 0 atom stereocenters. The number of hydrogen-bond donors (Lipinski definition) is 2. The lowest BCUT2D eigenvalue weighted by Crippen LogP contribution is -2.49. The molecule has 2 amide bonds. The summed E-state index contributed by atoms with van der Waals surface area (Å²) in [6.07, 6.45) is 0.532. The largest absolute Gasteiger partial charge is 0.466 e. The summed E-state index contributed by atoms with van der Waals surface area (Å²) in [6.45, 7) is 6.49. The minimum absolute atomic E-state index is 0.0565. The number of aliphatic hydroxyl groups excluding tert-OH is 1. The highest BCUT2D eigenvalue weighted by Gasteiger charge is 2.35. The van der Waals surface area contributed by atoms with Crippen LogP contribution in [0.4, 0.5) is 11.4 Å². The van der Waals surface area contributed by atoms with E-state index in [1.165, 1.54) is 12.0 Å². The summed E-state index contributed by atoms with van der Waals surface area (Å²) >= 11 is 6.25. The van der Waals surface area contributed by atoms with Crippen molar-refractivity contribution in [2.24, 2.45) is 5.92 Å². The molecule has 0 unspecified atom stereocenters. The van der Waals surface area contributed by atoms with E-state index in [0.29, 0.717) is 49.2 Å². The van der Waals surface area contributed by atoms with Crippen LogP contribution in [0.2, 0.25) is 5.02 Å². The quantitative estimate of drug-likeness (QED) is 0.548. The van der Waals surface area contributed by atoms with E-state index in [0.717, 1.165) is 5.69 Å². The molecule has 2 N–H and O–H groups in total. The number of nitrogens with one attached hydrogen (secondary N) is 1. The monoisotopic (exact) mass is 478 g/mol. The van der Waals surface area contributed by atoms with Crippen molar-refractivity contribution < 1.29 is 24.2 Å². The molecule has 2 aliphatic rings. The summed E-state index contributed by atoms with van der Waals surface area (Å²) in [6, 6.07) is 5.33. The van der Waals surface area contributed by atoms with Gasteiger partial charge in [0.05, 0.1) is 37.2 Å². The number of rotatable bonds is 8. The van der Waals surface area contributed by atoms with Crippen molar-refractivity contribution in [1.29, 1.82) is 0 Å². The Morgan fingerprint density at radius 1 is 1.21 bits per heavy atom. The number of esters is 1. The number of amides is 2. The van der Waals surface area contributed by atoms with Gasteiger partial charge in [0, 0.05) is 44.2 Å². The lowest BCUT2D eigenvalue weighted by Gasteiger charge is -2.37. The number of hydrogen-bond acceptors (Lipinski definition) is 7. The van der Waals surface area contributed by atoms with Gasteiger partial charge in [-0.05, 0) is 24.1 Å². The standard InChI is InChI=1S/C23H31ClN4O5/c1-15(2)12-20(30)27-8-6-26(7-9-27)19-5-4-16(24)13-18(19)25-21-17(23(32)33-3)14-28(10-11-29)22(21)31/h4-5,13,15,25,29H,6-12,14H2,1-3H3. The van der Waals surface area contributed by atoms with Gasteiger partial charge < -0.3 is 29.9 Å². The number of β-amino-alcohol motifs (C(OH)–C–C–N with tert-alkyl or cyclic N) is 1. The fourth-order valence-electron chi connectivity index (χ4n) is 4.04. The summed E-state index contributed by atoms with van der Waals surface area (Å²) in [5, 5.41) is 12.8. The number of piperazine rings is 1. The molecule has 0 radical (unpaired) electrons. The van der Waals surface area contributed by atoms with Crippen LogP contribution in [0.1, 0.15) is 20.3 Å². The number of anilines is 2. The molecule has 0 spiro atoms. The molecule has 0 aromatic heterocycles. The van der Waals surface area contributed by atoms with E-state index >= 15 is 0 Å². The minimum atomic E-state index is -0.604. The Morgan fingerprint density at radius 3 is 2.52 bits per heavy atom. The molecular weight excluding hydrogens is 448 g/mol. The van der Waals surface area contributed by atoms with E-state index in [2.05, 4.69) is 10.2 Å². The molecule has 10 heteroatoms. The van der Waals surface area contributed by atoms with Crippen LogP contribution in [0, 0.1) is 5.92 Å². The van der Waals surface area contributed by atoms with Gasteiger partial charge in [-0.3, -0.25) is 9.59 Å². The molecule has 0 saturated carbocycles. The average Bonchev–Trinajstić information content (AvgIpc) is 3.08. The second kappa shape index (κ2) is 10.9. The third kappa shape index (κ3) is 5.78. The first-order valence-electron chi connectivity index (χ1n) is 11.1. The number of halogens is 1. The van der Waals surface area contributed by atoms with Crippen LogP contribution in [0.5, 0.6) is 0 Å². The van der Waals surface area contributed by atoms with Gasteiger partial charge in [0.1, 0.15) is 5.70 Å². The van der Waals surface area contributed by atoms with Crippen molar-refractivity contribution in [1.82, 2.24) is 9.80 Å². The average molecular weight is 479 g/mol. The molecule has 9 nitrogen and oxygen atoms in total. The Morgan fingerprint density at radius 2 is 1.91 bits per heavy atom. The number of carbonyl (C=O) groups excluding carboxylic acids is 3. The highest BCUT2D eigenvalue weighted by Crippen LogP contribution is 2.33. The molecule has 0 bridgehead atoms. The highest BCUT2D eigenvalue weighted by molar-refractivity contribution is 6.31. The molecule has 33 heavy (non-hydrogen) atoms. The molecule has 1 aromatic rings. The number of methoxy groups -OCH3 is 1. The Hall–Kier alpha value is -2.78. The number of carbonyl (C=O) groups is 3. The van der Waals surface area contributed by atoms with Gasteiger partial charge in [-0.2, -0.15) is 0 Å².